The summed E-state index contributed by atoms with van der Waals surface area (Å²) in [5, 5.41) is 2.94. The van der Waals surface area contributed by atoms with Crippen LogP contribution in [0.25, 0.3) is 0 Å². The molecule has 0 aliphatic carbocycles. The summed E-state index contributed by atoms with van der Waals surface area (Å²) in [5.74, 6) is -0.0172. The lowest BCUT2D eigenvalue weighted by atomic mass is 10.1. The van der Waals surface area contributed by atoms with E-state index in [4.69, 9.17) is 0 Å². The number of rotatable bonds is 5. The van der Waals surface area contributed by atoms with Crippen molar-refractivity contribution in [3.8, 4) is 0 Å². The Balaban J connectivity index is 1.80. The molecule has 1 amide bonds. The van der Waals surface area contributed by atoms with E-state index in [9.17, 15) is 4.79 Å². The average Bonchev–Trinajstić information content (AvgIpc) is 2.82. The predicted molar refractivity (Wildman–Crippen MR) is 67.8 cm³/mol. The molecule has 5 nitrogen and oxygen atoms in total. The Morgan fingerprint density at radius 3 is 3.00 bits per heavy atom. The highest BCUT2D eigenvalue weighted by atomic mass is 16.2. The molecule has 18 heavy (non-hydrogen) atoms. The second-order valence-corrected chi connectivity index (χ2v) is 4.23. The zero-order valence-electron chi connectivity index (χ0n) is 10.3. The molecule has 0 aliphatic rings. The van der Waals surface area contributed by atoms with Gasteiger partial charge in [-0.25, -0.2) is 4.98 Å². The van der Waals surface area contributed by atoms with Crippen LogP contribution >= 0.6 is 0 Å². The molecule has 0 unspecified atom stereocenters. The van der Waals surface area contributed by atoms with Gasteiger partial charge in [0.2, 0.25) is 5.91 Å². The number of carbonyl (C=O) groups excluding carboxylic acids is 1. The minimum atomic E-state index is -0.0172. The maximum atomic E-state index is 11.7. The maximum absolute atomic E-state index is 11.7. The van der Waals surface area contributed by atoms with Gasteiger partial charge in [0.1, 0.15) is 6.54 Å². The van der Waals surface area contributed by atoms with Gasteiger partial charge in [-0.1, -0.05) is 6.07 Å². The van der Waals surface area contributed by atoms with Crippen molar-refractivity contribution in [3.05, 3.63) is 48.8 Å². The van der Waals surface area contributed by atoms with Gasteiger partial charge in [0, 0.05) is 36.7 Å². The van der Waals surface area contributed by atoms with Gasteiger partial charge in [0.05, 0.1) is 6.33 Å². The fraction of sp³-hybridized carbons (Fsp3) is 0.308. The van der Waals surface area contributed by atoms with Crippen molar-refractivity contribution in [1.29, 1.82) is 0 Å². The minimum absolute atomic E-state index is 0.0172. The molecule has 1 N–H and O–H groups in total. The van der Waals surface area contributed by atoms with E-state index in [0.29, 0.717) is 6.54 Å². The van der Waals surface area contributed by atoms with Crippen LogP contribution in [-0.2, 0) is 17.8 Å². The van der Waals surface area contributed by atoms with Crippen molar-refractivity contribution >= 4 is 5.91 Å². The molecule has 0 aliphatic heterocycles. The van der Waals surface area contributed by atoms with Crippen LogP contribution < -0.4 is 5.32 Å². The Hall–Kier alpha value is -2.17. The second kappa shape index (κ2) is 5.95. The normalized spacial score (nSPS) is 12.1. The molecule has 2 aromatic rings. The molecule has 94 valence electrons. The topological polar surface area (TPSA) is 59.8 Å². The van der Waals surface area contributed by atoms with Gasteiger partial charge < -0.3 is 9.88 Å². The fourth-order valence-electron chi connectivity index (χ4n) is 1.75. The highest BCUT2D eigenvalue weighted by Gasteiger charge is 2.08. The fourth-order valence-corrected chi connectivity index (χ4v) is 1.75. The highest BCUT2D eigenvalue weighted by Crippen LogP contribution is 1.99. The van der Waals surface area contributed by atoms with Crippen LogP contribution in [0.3, 0.4) is 0 Å². The first-order valence-electron chi connectivity index (χ1n) is 5.89. The summed E-state index contributed by atoms with van der Waals surface area (Å²) in [4.78, 5) is 19.9. The zero-order chi connectivity index (χ0) is 12.8. The summed E-state index contributed by atoms with van der Waals surface area (Å²) in [7, 11) is 0. The number of hydrogen-bond acceptors (Lipinski definition) is 3. The Labute approximate surface area is 106 Å². The summed E-state index contributed by atoms with van der Waals surface area (Å²) in [6, 6.07) is 5.85. The number of hydrogen-bond donors (Lipinski definition) is 1. The molecule has 0 radical (unpaired) electrons. The molecule has 0 aromatic carbocycles. The molecular formula is C13H16N4O. The molecule has 2 heterocycles. The van der Waals surface area contributed by atoms with Gasteiger partial charge in [0.15, 0.2) is 0 Å². The van der Waals surface area contributed by atoms with Crippen molar-refractivity contribution in [3.63, 3.8) is 0 Å². The van der Waals surface area contributed by atoms with Gasteiger partial charge in [0.25, 0.3) is 0 Å². The quantitative estimate of drug-likeness (QED) is 0.854. The number of nitrogens with one attached hydrogen (secondary N) is 1. The van der Waals surface area contributed by atoms with Crippen LogP contribution in [0.1, 0.15) is 12.6 Å². The van der Waals surface area contributed by atoms with Crippen LogP contribution in [0.5, 0.6) is 0 Å². The van der Waals surface area contributed by atoms with E-state index >= 15 is 0 Å². The molecule has 0 spiro atoms. The van der Waals surface area contributed by atoms with Gasteiger partial charge in [-0.15, -0.1) is 0 Å². The third-order valence-electron chi connectivity index (χ3n) is 2.53. The van der Waals surface area contributed by atoms with Crippen LogP contribution in [0.2, 0.25) is 0 Å². The molecule has 0 saturated carbocycles. The first-order chi connectivity index (χ1) is 8.74. The maximum Gasteiger partial charge on any atom is 0.240 e. The molecule has 0 saturated heterocycles. The number of nitrogens with zero attached hydrogens (tertiary/aromatic N) is 3. The summed E-state index contributed by atoms with van der Waals surface area (Å²) in [6.07, 6.45) is 7.54. The van der Waals surface area contributed by atoms with Crippen molar-refractivity contribution in [2.75, 3.05) is 0 Å². The lowest BCUT2D eigenvalue weighted by molar-refractivity contribution is -0.122. The first-order valence-corrected chi connectivity index (χ1v) is 5.89. The molecule has 0 bridgehead atoms. The number of aromatic nitrogens is 3. The lowest BCUT2D eigenvalue weighted by Gasteiger charge is -2.13. The number of imidazole rings is 1. The Morgan fingerprint density at radius 2 is 2.33 bits per heavy atom. The van der Waals surface area contributed by atoms with Gasteiger partial charge in [-0.3, -0.25) is 9.78 Å². The second-order valence-electron chi connectivity index (χ2n) is 4.23. The van der Waals surface area contributed by atoms with Gasteiger partial charge >= 0.3 is 0 Å². The van der Waals surface area contributed by atoms with Gasteiger partial charge in [-0.05, 0) is 19.1 Å². The summed E-state index contributed by atoms with van der Waals surface area (Å²) in [5.41, 5.74) is 0.980. The molecule has 2 aromatic heterocycles. The van der Waals surface area contributed by atoms with Crippen molar-refractivity contribution < 1.29 is 4.79 Å². The predicted octanol–water partition coefficient (Wildman–Crippen LogP) is 1.03. The molecular weight excluding hydrogens is 228 g/mol. The van der Waals surface area contributed by atoms with Crippen LogP contribution in [0.4, 0.5) is 0 Å². The number of carbonyl (C=O) groups is 1. The summed E-state index contributed by atoms with van der Waals surface area (Å²) in [6.45, 7) is 2.27. The van der Waals surface area contributed by atoms with E-state index in [1.54, 1.807) is 29.5 Å². The lowest BCUT2D eigenvalue weighted by Crippen LogP contribution is -2.36. The Morgan fingerprint density at radius 1 is 1.44 bits per heavy atom. The average molecular weight is 244 g/mol. The van der Waals surface area contributed by atoms with E-state index in [2.05, 4.69) is 15.3 Å². The molecule has 5 heteroatoms. The zero-order valence-corrected chi connectivity index (χ0v) is 10.3. The van der Waals surface area contributed by atoms with E-state index in [-0.39, 0.29) is 11.9 Å². The Kier molecular flexibility index (Phi) is 4.06. The summed E-state index contributed by atoms with van der Waals surface area (Å²) >= 11 is 0. The Bertz CT molecular complexity index is 481. The standard InChI is InChI=1S/C13H16N4O/c1-11(8-12-4-2-3-5-15-12)16-13(18)9-17-7-6-14-10-17/h2-7,10-11H,8-9H2,1H3,(H,16,18)/t11-/m1/s1. The van der Waals surface area contributed by atoms with Crippen molar-refractivity contribution in [1.82, 2.24) is 19.9 Å². The first kappa shape index (κ1) is 12.3. The molecule has 2 rings (SSSR count). The van der Waals surface area contributed by atoms with Crippen molar-refractivity contribution in [2.45, 2.75) is 25.9 Å². The third-order valence-corrected chi connectivity index (χ3v) is 2.53. The largest absolute Gasteiger partial charge is 0.352 e. The molecule has 0 fully saturated rings. The number of amides is 1. The minimum Gasteiger partial charge on any atom is -0.352 e. The van der Waals surface area contributed by atoms with E-state index < -0.39 is 0 Å². The molecule has 1 atom stereocenters. The van der Waals surface area contributed by atoms with Crippen LogP contribution in [-0.4, -0.2) is 26.5 Å². The van der Waals surface area contributed by atoms with Gasteiger partial charge in [-0.2, -0.15) is 0 Å². The monoisotopic (exact) mass is 244 g/mol. The third kappa shape index (κ3) is 3.69. The van der Waals surface area contributed by atoms with E-state index in [1.165, 1.54) is 0 Å². The van der Waals surface area contributed by atoms with Crippen LogP contribution in [0.15, 0.2) is 43.1 Å². The van der Waals surface area contributed by atoms with E-state index in [0.717, 1.165) is 12.1 Å². The highest BCUT2D eigenvalue weighted by molar-refractivity contribution is 5.76. The van der Waals surface area contributed by atoms with E-state index in [1.807, 2.05) is 25.1 Å². The smallest absolute Gasteiger partial charge is 0.240 e. The summed E-state index contributed by atoms with van der Waals surface area (Å²) < 4.78 is 1.74. The number of pyridine rings is 1. The van der Waals surface area contributed by atoms with Crippen molar-refractivity contribution in [2.24, 2.45) is 0 Å². The SMILES string of the molecule is C[C@H](Cc1ccccn1)NC(=O)Cn1ccnc1. The van der Waals surface area contributed by atoms with Crippen LogP contribution in [0, 0.1) is 0 Å².